The fourth-order valence-electron chi connectivity index (χ4n) is 2.10. The van der Waals surface area contributed by atoms with Gasteiger partial charge in [0.2, 0.25) is 0 Å². The van der Waals surface area contributed by atoms with Crippen LogP contribution in [0.3, 0.4) is 0 Å². The maximum Gasteiger partial charge on any atom is 0.193 e. The summed E-state index contributed by atoms with van der Waals surface area (Å²) < 4.78 is 27.0. The minimum Gasteiger partial charge on any atom is -0.289 e. The first-order valence-electron chi connectivity index (χ1n) is 5.66. The lowest BCUT2D eigenvalue weighted by Crippen LogP contribution is -2.07. The normalized spacial score (nSPS) is 10.6. The Bertz CT molecular complexity index is 622. The van der Waals surface area contributed by atoms with Gasteiger partial charge in [-0.05, 0) is 55.3 Å². The van der Waals surface area contributed by atoms with E-state index in [2.05, 4.69) is 15.9 Å². The van der Waals surface area contributed by atoms with Crippen LogP contribution in [0.4, 0.5) is 8.78 Å². The highest BCUT2D eigenvalue weighted by Gasteiger charge is 2.16. The van der Waals surface area contributed by atoms with Gasteiger partial charge >= 0.3 is 0 Å². The monoisotopic (exact) mass is 324 g/mol. The second-order valence-corrected chi connectivity index (χ2v) is 5.32. The molecule has 0 fully saturated rings. The van der Waals surface area contributed by atoms with Crippen LogP contribution in [0.2, 0.25) is 0 Å². The number of carbonyl (C=O) groups is 1. The van der Waals surface area contributed by atoms with Gasteiger partial charge in [0.25, 0.3) is 0 Å². The number of benzene rings is 2. The molecule has 2 rings (SSSR count). The van der Waals surface area contributed by atoms with Crippen molar-refractivity contribution < 1.29 is 13.6 Å². The van der Waals surface area contributed by atoms with Gasteiger partial charge in [0, 0.05) is 15.6 Å². The zero-order chi connectivity index (χ0) is 14.2. The molecule has 0 radical (unpaired) electrons. The maximum atomic E-state index is 13.3. The SMILES string of the molecule is Cc1cc(F)cc(C)c1C(=O)c1cc(F)cc(Br)c1. The molecular weight excluding hydrogens is 314 g/mol. The summed E-state index contributed by atoms with van der Waals surface area (Å²) in [5.74, 6) is -1.18. The van der Waals surface area contributed by atoms with Crippen molar-refractivity contribution in [1.29, 1.82) is 0 Å². The molecule has 0 aliphatic heterocycles. The average Bonchev–Trinajstić information content (AvgIpc) is 2.25. The molecule has 2 aromatic carbocycles. The van der Waals surface area contributed by atoms with E-state index in [0.717, 1.165) is 0 Å². The predicted molar refractivity (Wildman–Crippen MR) is 73.4 cm³/mol. The molecule has 0 N–H and O–H groups in total. The smallest absolute Gasteiger partial charge is 0.193 e. The quantitative estimate of drug-likeness (QED) is 0.739. The molecular formula is C15H11BrF2O. The Labute approximate surface area is 118 Å². The van der Waals surface area contributed by atoms with Crippen molar-refractivity contribution in [2.45, 2.75) is 13.8 Å². The molecule has 19 heavy (non-hydrogen) atoms. The van der Waals surface area contributed by atoms with Crippen LogP contribution in [-0.4, -0.2) is 5.78 Å². The van der Waals surface area contributed by atoms with Crippen LogP contribution in [0.15, 0.2) is 34.8 Å². The van der Waals surface area contributed by atoms with Gasteiger partial charge < -0.3 is 0 Å². The summed E-state index contributed by atoms with van der Waals surface area (Å²) in [6.07, 6.45) is 0. The van der Waals surface area contributed by atoms with Crippen molar-refractivity contribution in [3.8, 4) is 0 Å². The first-order valence-corrected chi connectivity index (χ1v) is 6.45. The lowest BCUT2D eigenvalue weighted by atomic mass is 9.95. The van der Waals surface area contributed by atoms with Crippen molar-refractivity contribution in [2.24, 2.45) is 0 Å². The first kappa shape index (κ1) is 13.9. The molecule has 0 spiro atoms. The topological polar surface area (TPSA) is 17.1 Å². The lowest BCUT2D eigenvalue weighted by Gasteiger charge is -2.09. The minimum absolute atomic E-state index is 0.240. The number of ketones is 1. The molecule has 0 unspecified atom stereocenters. The van der Waals surface area contributed by atoms with Crippen LogP contribution in [0, 0.1) is 25.5 Å². The molecule has 98 valence electrons. The summed E-state index contributed by atoms with van der Waals surface area (Å²) in [7, 11) is 0. The first-order chi connectivity index (χ1) is 8.88. The van der Waals surface area contributed by atoms with Crippen molar-refractivity contribution in [3.63, 3.8) is 0 Å². The minimum atomic E-state index is -0.491. The number of halogens is 3. The third-order valence-corrected chi connectivity index (χ3v) is 3.31. The van der Waals surface area contributed by atoms with Gasteiger partial charge in [0.15, 0.2) is 5.78 Å². The maximum absolute atomic E-state index is 13.3. The van der Waals surface area contributed by atoms with E-state index >= 15 is 0 Å². The average molecular weight is 325 g/mol. The van der Waals surface area contributed by atoms with E-state index in [1.54, 1.807) is 19.9 Å². The van der Waals surface area contributed by atoms with Crippen molar-refractivity contribution in [1.82, 2.24) is 0 Å². The molecule has 0 saturated carbocycles. The Hall–Kier alpha value is -1.55. The van der Waals surface area contributed by atoms with Crippen molar-refractivity contribution in [2.75, 3.05) is 0 Å². The van der Waals surface area contributed by atoms with Crippen LogP contribution >= 0.6 is 15.9 Å². The fraction of sp³-hybridized carbons (Fsp3) is 0.133. The molecule has 4 heteroatoms. The van der Waals surface area contributed by atoms with Gasteiger partial charge in [-0.15, -0.1) is 0 Å². The second-order valence-electron chi connectivity index (χ2n) is 4.40. The molecule has 1 nitrogen and oxygen atoms in total. The van der Waals surface area contributed by atoms with Crippen LogP contribution in [0.1, 0.15) is 27.0 Å². The molecule has 2 aromatic rings. The number of carbonyl (C=O) groups excluding carboxylic acids is 1. The predicted octanol–water partition coefficient (Wildman–Crippen LogP) is 4.58. The summed E-state index contributed by atoms with van der Waals surface area (Å²) in [5, 5.41) is 0. The molecule has 0 amide bonds. The summed E-state index contributed by atoms with van der Waals surface area (Å²) in [4.78, 5) is 12.4. The van der Waals surface area contributed by atoms with Gasteiger partial charge in [-0.2, -0.15) is 0 Å². The van der Waals surface area contributed by atoms with Crippen LogP contribution < -0.4 is 0 Å². The number of aryl methyl sites for hydroxylation is 2. The number of hydrogen-bond donors (Lipinski definition) is 0. The van der Waals surface area contributed by atoms with Gasteiger partial charge in [-0.1, -0.05) is 15.9 Å². The highest BCUT2D eigenvalue weighted by atomic mass is 79.9. The number of hydrogen-bond acceptors (Lipinski definition) is 1. The Balaban J connectivity index is 2.56. The van der Waals surface area contributed by atoms with E-state index in [4.69, 9.17) is 0 Å². The molecule has 0 aliphatic carbocycles. The summed E-state index contributed by atoms with van der Waals surface area (Å²) in [6.45, 7) is 3.33. The van der Waals surface area contributed by atoms with Gasteiger partial charge in [0.05, 0.1) is 0 Å². The van der Waals surface area contributed by atoms with Gasteiger partial charge in [0.1, 0.15) is 11.6 Å². The Morgan fingerprint density at radius 2 is 1.47 bits per heavy atom. The Morgan fingerprint density at radius 3 is 2.00 bits per heavy atom. The molecule has 0 heterocycles. The third kappa shape index (κ3) is 2.89. The Morgan fingerprint density at radius 1 is 0.947 bits per heavy atom. The highest BCUT2D eigenvalue weighted by molar-refractivity contribution is 9.10. The molecule has 0 aliphatic rings. The van der Waals surface area contributed by atoms with Crippen LogP contribution in [0.5, 0.6) is 0 Å². The zero-order valence-corrected chi connectivity index (χ0v) is 12.0. The van der Waals surface area contributed by atoms with E-state index in [-0.39, 0.29) is 17.2 Å². The second kappa shape index (κ2) is 5.21. The zero-order valence-electron chi connectivity index (χ0n) is 10.4. The largest absolute Gasteiger partial charge is 0.289 e. The van der Waals surface area contributed by atoms with Gasteiger partial charge in [-0.3, -0.25) is 4.79 Å². The fourth-order valence-corrected chi connectivity index (χ4v) is 2.56. The summed E-state index contributed by atoms with van der Waals surface area (Å²) in [5.41, 5.74) is 1.74. The third-order valence-electron chi connectivity index (χ3n) is 2.85. The molecule has 0 atom stereocenters. The van der Waals surface area contributed by atoms with Crippen molar-refractivity contribution in [3.05, 3.63) is 68.7 Å². The van der Waals surface area contributed by atoms with Crippen LogP contribution in [0.25, 0.3) is 0 Å². The van der Waals surface area contributed by atoms with E-state index < -0.39 is 5.82 Å². The van der Waals surface area contributed by atoms with E-state index in [9.17, 15) is 13.6 Å². The van der Waals surface area contributed by atoms with Gasteiger partial charge in [-0.25, -0.2) is 8.78 Å². The van der Waals surface area contributed by atoms with Crippen molar-refractivity contribution >= 4 is 21.7 Å². The number of rotatable bonds is 2. The van der Waals surface area contributed by atoms with E-state index in [1.165, 1.54) is 24.3 Å². The summed E-state index contributed by atoms with van der Waals surface area (Å²) >= 11 is 3.15. The highest BCUT2D eigenvalue weighted by Crippen LogP contribution is 2.22. The van der Waals surface area contributed by atoms with E-state index in [1.807, 2.05) is 0 Å². The Kier molecular flexibility index (Phi) is 3.80. The molecule has 0 saturated heterocycles. The standard InChI is InChI=1S/C15H11BrF2O/c1-8-3-12(17)4-9(2)14(8)15(19)10-5-11(16)7-13(18)6-10/h3-7H,1-2H3. The van der Waals surface area contributed by atoms with Crippen LogP contribution in [-0.2, 0) is 0 Å². The molecule has 0 bridgehead atoms. The summed E-state index contributed by atoms with van der Waals surface area (Å²) in [6, 6.07) is 6.60. The molecule has 0 aromatic heterocycles. The lowest BCUT2D eigenvalue weighted by molar-refractivity contribution is 0.103. The van der Waals surface area contributed by atoms with E-state index in [0.29, 0.717) is 21.2 Å².